The summed E-state index contributed by atoms with van der Waals surface area (Å²) in [5.41, 5.74) is 1.38. The van der Waals surface area contributed by atoms with E-state index in [1.54, 1.807) is 25.1 Å². The predicted molar refractivity (Wildman–Crippen MR) is 106 cm³/mol. The molecule has 0 aromatic heterocycles. The Balaban J connectivity index is 2.19. The van der Waals surface area contributed by atoms with Crippen molar-refractivity contribution in [2.24, 2.45) is 0 Å². The first kappa shape index (κ1) is 20.5. The number of rotatable bonds is 3. The molecule has 0 radical (unpaired) electrons. The lowest BCUT2D eigenvalue weighted by molar-refractivity contribution is -0.131. The SMILES string of the molecule is Cc1ccc(C#N)cc1[C@@]1(C)NC(=N)N(C)C(=O)[C@H]1c1ccc(C(C)(F)F)cc1. The van der Waals surface area contributed by atoms with E-state index < -0.39 is 17.4 Å². The summed E-state index contributed by atoms with van der Waals surface area (Å²) in [6, 6.07) is 13.0. The fourth-order valence-electron chi connectivity index (χ4n) is 3.87. The Bertz CT molecular complexity index is 1020. The molecule has 1 aliphatic rings. The number of alkyl halides is 2. The van der Waals surface area contributed by atoms with E-state index in [1.165, 1.54) is 36.2 Å². The van der Waals surface area contributed by atoms with Crippen LogP contribution in [-0.2, 0) is 16.3 Å². The Hall–Kier alpha value is -3.27. The number of carbonyl (C=O) groups excluding carboxylic acids is 1. The van der Waals surface area contributed by atoms with Crippen LogP contribution in [0.4, 0.5) is 8.78 Å². The minimum absolute atomic E-state index is 0.0628. The largest absolute Gasteiger partial charge is 0.346 e. The lowest BCUT2D eigenvalue weighted by Gasteiger charge is -2.46. The van der Waals surface area contributed by atoms with Crippen LogP contribution >= 0.6 is 0 Å². The van der Waals surface area contributed by atoms with Gasteiger partial charge in [0, 0.05) is 19.5 Å². The first-order valence-electron chi connectivity index (χ1n) is 9.13. The molecule has 150 valence electrons. The van der Waals surface area contributed by atoms with E-state index in [9.17, 15) is 18.8 Å². The van der Waals surface area contributed by atoms with E-state index in [0.717, 1.165) is 12.5 Å². The van der Waals surface area contributed by atoms with Crippen LogP contribution < -0.4 is 5.32 Å². The summed E-state index contributed by atoms with van der Waals surface area (Å²) in [5.74, 6) is -4.14. The minimum atomic E-state index is -2.98. The Kier molecular flexibility index (Phi) is 4.91. The van der Waals surface area contributed by atoms with Crippen LogP contribution in [0.5, 0.6) is 0 Å². The zero-order chi connectivity index (χ0) is 21.6. The van der Waals surface area contributed by atoms with Gasteiger partial charge in [-0.05, 0) is 42.7 Å². The van der Waals surface area contributed by atoms with Crippen molar-refractivity contribution in [3.8, 4) is 6.07 Å². The van der Waals surface area contributed by atoms with E-state index in [0.29, 0.717) is 16.7 Å². The van der Waals surface area contributed by atoms with Gasteiger partial charge in [-0.1, -0.05) is 30.3 Å². The highest BCUT2D eigenvalue weighted by atomic mass is 19.3. The molecule has 2 aromatic rings. The molecule has 1 saturated heterocycles. The number of likely N-dealkylation sites (N-methyl/N-ethyl adjacent to an activating group) is 1. The van der Waals surface area contributed by atoms with Crippen LogP contribution in [0.1, 0.15) is 47.6 Å². The minimum Gasteiger partial charge on any atom is -0.346 e. The summed E-state index contributed by atoms with van der Waals surface area (Å²) in [6.45, 7) is 4.49. The Labute approximate surface area is 168 Å². The van der Waals surface area contributed by atoms with Crippen LogP contribution in [0.25, 0.3) is 0 Å². The second-order valence-corrected chi connectivity index (χ2v) is 7.66. The summed E-state index contributed by atoms with van der Waals surface area (Å²) in [4.78, 5) is 14.4. The zero-order valence-electron chi connectivity index (χ0n) is 16.7. The van der Waals surface area contributed by atoms with Gasteiger partial charge in [-0.3, -0.25) is 15.1 Å². The molecule has 3 rings (SSSR count). The van der Waals surface area contributed by atoms with Gasteiger partial charge in [0.05, 0.1) is 23.1 Å². The number of guanidine groups is 1. The van der Waals surface area contributed by atoms with Crippen molar-refractivity contribution in [3.05, 3.63) is 70.3 Å². The Morgan fingerprint density at radius 2 is 1.86 bits per heavy atom. The molecule has 1 aliphatic heterocycles. The van der Waals surface area contributed by atoms with Crippen molar-refractivity contribution < 1.29 is 13.6 Å². The normalized spacial score (nSPS) is 22.2. The highest BCUT2D eigenvalue weighted by Crippen LogP contribution is 2.42. The number of carbonyl (C=O) groups is 1. The van der Waals surface area contributed by atoms with Crippen LogP contribution in [0.3, 0.4) is 0 Å². The van der Waals surface area contributed by atoms with Crippen LogP contribution in [-0.4, -0.2) is 23.8 Å². The molecular formula is C22H22F2N4O. The molecule has 0 saturated carbocycles. The molecule has 5 nitrogen and oxygen atoms in total. The number of nitrogens with zero attached hydrogens (tertiary/aromatic N) is 2. The Morgan fingerprint density at radius 3 is 2.41 bits per heavy atom. The number of hydrogen-bond donors (Lipinski definition) is 2. The predicted octanol–water partition coefficient (Wildman–Crippen LogP) is 3.97. The average Bonchev–Trinajstić information content (AvgIpc) is 2.66. The summed E-state index contributed by atoms with van der Waals surface area (Å²) in [7, 11) is 1.50. The van der Waals surface area contributed by atoms with E-state index >= 15 is 0 Å². The van der Waals surface area contributed by atoms with Gasteiger partial charge >= 0.3 is 0 Å². The molecule has 7 heteroatoms. The summed E-state index contributed by atoms with van der Waals surface area (Å²) in [5, 5.41) is 20.6. The van der Waals surface area contributed by atoms with Gasteiger partial charge in [0.15, 0.2) is 5.96 Å². The third-order valence-corrected chi connectivity index (χ3v) is 5.55. The molecular weight excluding hydrogens is 374 g/mol. The average molecular weight is 396 g/mol. The van der Waals surface area contributed by atoms with Crippen molar-refractivity contribution in [2.45, 2.75) is 38.2 Å². The van der Waals surface area contributed by atoms with Crippen LogP contribution in [0.15, 0.2) is 42.5 Å². The summed E-state index contributed by atoms with van der Waals surface area (Å²) in [6.07, 6.45) is 0. The molecule has 1 heterocycles. The maximum absolute atomic E-state index is 13.6. The van der Waals surface area contributed by atoms with Gasteiger partial charge in [-0.15, -0.1) is 0 Å². The molecule has 0 aliphatic carbocycles. The van der Waals surface area contributed by atoms with Crippen molar-refractivity contribution in [1.82, 2.24) is 10.2 Å². The van der Waals surface area contributed by atoms with E-state index in [4.69, 9.17) is 5.41 Å². The number of aryl methyl sites for hydroxylation is 1. The van der Waals surface area contributed by atoms with Crippen molar-refractivity contribution >= 4 is 11.9 Å². The second kappa shape index (κ2) is 6.96. The second-order valence-electron chi connectivity index (χ2n) is 7.66. The van der Waals surface area contributed by atoms with E-state index in [2.05, 4.69) is 11.4 Å². The molecule has 29 heavy (non-hydrogen) atoms. The van der Waals surface area contributed by atoms with Gasteiger partial charge in [-0.25, -0.2) is 8.78 Å². The van der Waals surface area contributed by atoms with Crippen molar-refractivity contribution in [1.29, 1.82) is 10.7 Å². The lowest BCUT2D eigenvalue weighted by atomic mass is 9.72. The summed E-state index contributed by atoms with van der Waals surface area (Å²) >= 11 is 0. The lowest BCUT2D eigenvalue weighted by Crippen LogP contribution is -2.62. The monoisotopic (exact) mass is 396 g/mol. The molecule has 0 spiro atoms. The third kappa shape index (κ3) is 3.46. The number of benzene rings is 2. The zero-order valence-corrected chi connectivity index (χ0v) is 16.7. The standard InChI is InChI=1S/C22H22F2N4O/c1-13-5-6-14(12-25)11-17(13)21(2)18(19(29)28(4)20(26)27-21)15-7-9-16(10-8-15)22(3,23)24/h5-11,18H,1-4H3,(H2,26,27)/t18-,21-/m1/s1. The number of hydrogen-bond acceptors (Lipinski definition) is 3. The highest BCUT2D eigenvalue weighted by Gasteiger charge is 2.49. The maximum Gasteiger partial charge on any atom is 0.270 e. The topological polar surface area (TPSA) is 80.0 Å². The van der Waals surface area contributed by atoms with Crippen LogP contribution in [0.2, 0.25) is 0 Å². The number of nitrogens with one attached hydrogen (secondary N) is 2. The van der Waals surface area contributed by atoms with E-state index in [-0.39, 0.29) is 17.4 Å². The quantitative estimate of drug-likeness (QED) is 0.824. The van der Waals surface area contributed by atoms with Gasteiger partial charge < -0.3 is 5.32 Å². The molecule has 2 aromatic carbocycles. The summed E-state index contributed by atoms with van der Waals surface area (Å²) < 4.78 is 27.3. The molecule has 2 N–H and O–H groups in total. The number of nitriles is 1. The molecule has 1 amide bonds. The fourth-order valence-corrected chi connectivity index (χ4v) is 3.87. The number of amides is 1. The van der Waals surface area contributed by atoms with Gasteiger partial charge in [0.25, 0.3) is 5.92 Å². The first-order chi connectivity index (χ1) is 13.5. The smallest absolute Gasteiger partial charge is 0.270 e. The van der Waals surface area contributed by atoms with Crippen molar-refractivity contribution in [2.75, 3.05) is 7.05 Å². The van der Waals surface area contributed by atoms with Crippen LogP contribution in [0, 0.1) is 23.7 Å². The maximum atomic E-state index is 13.6. The van der Waals surface area contributed by atoms with Gasteiger partial charge in [-0.2, -0.15) is 5.26 Å². The fraction of sp³-hybridized carbons (Fsp3) is 0.318. The Morgan fingerprint density at radius 1 is 1.24 bits per heavy atom. The molecule has 0 unspecified atom stereocenters. The highest BCUT2D eigenvalue weighted by molar-refractivity contribution is 6.02. The third-order valence-electron chi connectivity index (χ3n) is 5.55. The van der Waals surface area contributed by atoms with Gasteiger partial charge in [0.1, 0.15) is 0 Å². The van der Waals surface area contributed by atoms with E-state index in [1.807, 2.05) is 6.92 Å². The van der Waals surface area contributed by atoms with Gasteiger partial charge in [0.2, 0.25) is 5.91 Å². The number of halogens is 2. The molecule has 2 atom stereocenters. The molecule has 1 fully saturated rings. The van der Waals surface area contributed by atoms with Crippen molar-refractivity contribution in [3.63, 3.8) is 0 Å². The molecule has 0 bridgehead atoms. The first-order valence-corrected chi connectivity index (χ1v) is 9.13.